The summed E-state index contributed by atoms with van der Waals surface area (Å²) in [6.45, 7) is 5.18. The van der Waals surface area contributed by atoms with Crippen LogP contribution in [-0.4, -0.2) is 50.0 Å². The molecular formula is C29H33Cl2N3O4S. The third kappa shape index (κ3) is 8.71. The molecule has 208 valence electrons. The number of carbonyl (C=O) groups is 2. The predicted molar refractivity (Wildman–Crippen MR) is 158 cm³/mol. The number of nitrogens with one attached hydrogen (secondary N) is 1. The number of sulfonamides is 1. The minimum Gasteiger partial charge on any atom is -0.352 e. The summed E-state index contributed by atoms with van der Waals surface area (Å²) in [4.78, 5) is 29.0. The average Bonchev–Trinajstić information content (AvgIpc) is 2.86. The van der Waals surface area contributed by atoms with Crippen LogP contribution in [0.3, 0.4) is 0 Å². The summed E-state index contributed by atoms with van der Waals surface area (Å²) >= 11 is 12.5. The number of nitrogens with zero attached hydrogens (tertiary/aromatic N) is 2. The summed E-state index contributed by atoms with van der Waals surface area (Å²) in [7, 11) is -3.95. The van der Waals surface area contributed by atoms with E-state index >= 15 is 0 Å². The van der Waals surface area contributed by atoms with Gasteiger partial charge in [-0.3, -0.25) is 13.9 Å². The molecule has 0 saturated carbocycles. The lowest BCUT2D eigenvalue weighted by atomic mass is 10.0. The van der Waals surface area contributed by atoms with Crippen molar-refractivity contribution < 1.29 is 18.0 Å². The highest BCUT2D eigenvalue weighted by Gasteiger charge is 2.33. The normalized spacial score (nSPS) is 12.2. The second-order valence-corrected chi connectivity index (χ2v) is 12.5. The summed E-state index contributed by atoms with van der Waals surface area (Å²) in [6, 6.07) is 20.3. The van der Waals surface area contributed by atoms with Gasteiger partial charge in [-0.15, -0.1) is 0 Å². The lowest BCUT2D eigenvalue weighted by Gasteiger charge is -2.34. The van der Waals surface area contributed by atoms with Gasteiger partial charge >= 0.3 is 0 Å². The third-order valence-corrected chi connectivity index (χ3v) is 7.71. The van der Waals surface area contributed by atoms with E-state index in [4.69, 9.17) is 23.2 Å². The van der Waals surface area contributed by atoms with Crippen molar-refractivity contribution >= 4 is 50.7 Å². The highest BCUT2D eigenvalue weighted by molar-refractivity contribution is 7.92. The fraction of sp³-hybridized carbons (Fsp3) is 0.310. The molecule has 0 aliphatic heterocycles. The van der Waals surface area contributed by atoms with Gasteiger partial charge in [0.1, 0.15) is 12.6 Å². The molecule has 1 N–H and O–H groups in total. The SMILES string of the molecule is Cc1ccc(CN(C(=O)CN(c2cc(Cl)ccc2Cl)S(C)(=O)=O)C(Cc2ccccc2)C(=O)NC(C)C)cc1. The van der Waals surface area contributed by atoms with E-state index in [0.717, 1.165) is 27.3 Å². The van der Waals surface area contributed by atoms with E-state index in [2.05, 4.69) is 5.32 Å². The third-order valence-electron chi connectivity index (χ3n) is 6.03. The molecule has 3 aromatic carbocycles. The molecule has 0 bridgehead atoms. The second kappa shape index (κ2) is 13.3. The van der Waals surface area contributed by atoms with Crippen LogP contribution in [0.5, 0.6) is 0 Å². The van der Waals surface area contributed by atoms with Crippen molar-refractivity contribution in [1.82, 2.24) is 10.2 Å². The molecule has 0 heterocycles. The Morgan fingerprint density at radius 2 is 1.56 bits per heavy atom. The molecule has 0 aliphatic rings. The first-order chi connectivity index (χ1) is 18.3. The second-order valence-electron chi connectivity index (χ2n) is 9.74. The molecule has 0 aromatic heterocycles. The Kier molecular flexibility index (Phi) is 10.4. The van der Waals surface area contributed by atoms with Crippen LogP contribution in [0.4, 0.5) is 5.69 Å². The van der Waals surface area contributed by atoms with Gasteiger partial charge in [-0.25, -0.2) is 8.42 Å². The van der Waals surface area contributed by atoms with Crippen LogP contribution >= 0.6 is 23.2 Å². The standard InChI is InChI=1S/C29H33Cl2N3O4S/c1-20(2)32-29(36)27(16-22-8-6-5-7-9-22)33(18-23-12-10-21(3)11-13-23)28(35)19-34(39(4,37)38)26-17-24(30)14-15-25(26)31/h5-15,17,20,27H,16,18-19H2,1-4H3,(H,32,36). The van der Waals surface area contributed by atoms with Gasteiger partial charge in [0.05, 0.1) is 17.0 Å². The van der Waals surface area contributed by atoms with E-state index in [9.17, 15) is 18.0 Å². The minimum absolute atomic E-state index is 0.0848. The number of aryl methyl sites for hydroxylation is 1. The van der Waals surface area contributed by atoms with Crippen LogP contribution in [0.1, 0.15) is 30.5 Å². The minimum atomic E-state index is -3.95. The van der Waals surface area contributed by atoms with Gasteiger partial charge in [0, 0.05) is 24.0 Å². The molecule has 1 unspecified atom stereocenters. The molecule has 0 saturated heterocycles. The lowest BCUT2D eigenvalue weighted by Crippen LogP contribution is -2.54. The molecule has 1 atom stereocenters. The topological polar surface area (TPSA) is 86.8 Å². The van der Waals surface area contributed by atoms with Gasteiger partial charge in [-0.1, -0.05) is 83.4 Å². The summed E-state index contributed by atoms with van der Waals surface area (Å²) in [5.41, 5.74) is 2.80. The van der Waals surface area contributed by atoms with E-state index < -0.39 is 28.5 Å². The summed E-state index contributed by atoms with van der Waals surface area (Å²) in [5.74, 6) is -0.891. The molecule has 2 amide bonds. The van der Waals surface area contributed by atoms with Crippen LogP contribution in [0.25, 0.3) is 0 Å². The molecule has 3 aromatic rings. The Hall–Kier alpha value is -3.07. The maximum atomic E-state index is 14.0. The van der Waals surface area contributed by atoms with E-state index in [1.165, 1.54) is 23.1 Å². The Balaban J connectivity index is 2.07. The number of anilines is 1. The maximum Gasteiger partial charge on any atom is 0.244 e. The van der Waals surface area contributed by atoms with E-state index in [0.29, 0.717) is 0 Å². The first kappa shape index (κ1) is 30.5. The molecule has 0 aliphatic carbocycles. The fourth-order valence-corrected chi connectivity index (χ4v) is 5.39. The quantitative estimate of drug-likeness (QED) is 0.331. The van der Waals surface area contributed by atoms with E-state index in [1.807, 2.05) is 75.4 Å². The Bertz CT molecular complexity index is 1400. The molecule has 10 heteroatoms. The van der Waals surface area contributed by atoms with Crippen molar-refractivity contribution in [2.75, 3.05) is 17.1 Å². The molecule has 7 nitrogen and oxygen atoms in total. The Labute approximate surface area is 240 Å². The van der Waals surface area contributed by atoms with Gasteiger partial charge in [-0.05, 0) is 50.1 Å². The number of carbonyl (C=O) groups excluding carboxylic acids is 2. The van der Waals surface area contributed by atoms with E-state index in [-0.39, 0.29) is 40.6 Å². The number of halogens is 2. The summed E-state index contributed by atoms with van der Waals surface area (Å²) in [5, 5.41) is 3.32. The number of hydrogen-bond acceptors (Lipinski definition) is 4. The van der Waals surface area contributed by atoms with Crippen LogP contribution in [-0.2, 0) is 32.6 Å². The lowest BCUT2D eigenvalue weighted by molar-refractivity contribution is -0.140. The van der Waals surface area contributed by atoms with Crippen molar-refractivity contribution in [3.05, 3.63) is 99.5 Å². The monoisotopic (exact) mass is 589 g/mol. The highest BCUT2D eigenvalue weighted by atomic mass is 35.5. The smallest absolute Gasteiger partial charge is 0.244 e. The summed E-state index contributed by atoms with van der Waals surface area (Å²) < 4.78 is 26.6. The van der Waals surface area contributed by atoms with Gasteiger partial charge in [0.25, 0.3) is 0 Å². The van der Waals surface area contributed by atoms with Crippen LogP contribution in [0.2, 0.25) is 10.0 Å². The largest absolute Gasteiger partial charge is 0.352 e. The fourth-order valence-electron chi connectivity index (χ4n) is 4.10. The number of rotatable bonds is 11. The van der Waals surface area contributed by atoms with Crippen LogP contribution in [0, 0.1) is 6.92 Å². The maximum absolute atomic E-state index is 14.0. The zero-order valence-corrected chi connectivity index (χ0v) is 24.7. The van der Waals surface area contributed by atoms with Crippen molar-refractivity contribution in [3.63, 3.8) is 0 Å². The number of hydrogen-bond donors (Lipinski definition) is 1. The van der Waals surface area contributed by atoms with Crippen molar-refractivity contribution in [1.29, 1.82) is 0 Å². The Morgan fingerprint density at radius 1 is 0.923 bits per heavy atom. The molecule has 0 radical (unpaired) electrons. The van der Waals surface area contributed by atoms with Gasteiger partial charge in [0.2, 0.25) is 21.8 Å². The van der Waals surface area contributed by atoms with E-state index in [1.54, 1.807) is 0 Å². The van der Waals surface area contributed by atoms with Crippen molar-refractivity contribution in [3.8, 4) is 0 Å². The van der Waals surface area contributed by atoms with Crippen LogP contribution in [0.15, 0.2) is 72.8 Å². The van der Waals surface area contributed by atoms with Crippen molar-refractivity contribution in [2.24, 2.45) is 0 Å². The zero-order chi connectivity index (χ0) is 28.7. The summed E-state index contributed by atoms with van der Waals surface area (Å²) in [6.07, 6.45) is 1.24. The zero-order valence-electron chi connectivity index (χ0n) is 22.4. The first-order valence-corrected chi connectivity index (χ1v) is 15.1. The molecule has 39 heavy (non-hydrogen) atoms. The molecular weight excluding hydrogens is 557 g/mol. The number of benzene rings is 3. The van der Waals surface area contributed by atoms with Gasteiger partial charge in [0.15, 0.2) is 0 Å². The average molecular weight is 591 g/mol. The van der Waals surface area contributed by atoms with Crippen LogP contribution < -0.4 is 9.62 Å². The predicted octanol–water partition coefficient (Wildman–Crippen LogP) is 5.23. The van der Waals surface area contributed by atoms with Gasteiger partial charge in [-0.2, -0.15) is 0 Å². The van der Waals surface area contributed by atoms with Crippen molar-refractivity contribution in [2.45, 2.75) is 45.8 Å². The number of amides is 2. The molecule has 3 rings (SSSR count). The Morgan fingerprint density at radius 3 is 2.15 bits per heavy atom. The first-order valence-electron chi connectivity index (χ1n) is 12.5. The molecule has 0 fully saturated rings. The highest BCUT2D eigenvalue weighted by Crippen LogP contribution is 2.31. The van der Waals surface area contributed by atoms with Gasteiger partial charge < -0.3 is 10.2 Å². The molecule has 0 spiro atoms.